The monoisotopic (exact) mass is 213 g/mol. The number of nitrogens with zero attached hydrogens (tertiary/aromatic N) is 2. The van der Waals surface area contributed by atoms with Crippen LogP contribution < -0.4 is 0 Å². The Hall–Kier alpha value is 0.469. The molecule has 0 aromatic heterocycles. The maximum atomic E-state index is 7.13. The van der Waals surface area contributed by atoms with Gasteiger partial charge in [0.1, 0.15) is 0 Å². The van der Waals surface area contributed by atoms with Crippen LogP contribution in [0.5, 0.6) is 0 Å². The fourth-order valence-corrected chi connectivity index (χ4v) is 0. The van der Waals surface area contributed by atoms with Crippen molar-refractivity contribution >= 4 is 48.3 Å². The van der Waals surface area contributed by atoms with Gasteiger partial charge in [0, 0.05) is 0 Å². The van der Waals surface area contributed by atoms with E-state index in [0.29, 0.717) is 0 Å². The minimum Gasteiger partial charge on any atom is -0.753 e. The molecule has 6 heteroatoms. The van der Waals surface area contributed by atoms with Gasteiger partial charge in [-0.1, -0.05) is 24.4 Å². The summed E-state index contributed by atoms with van der Waals surface area (Å²) in [4.78, 5) is 0. The molecule has 0 aliphatic carbocycles. The summed E-state index contributed by atoms with van der Waals surface area (Å²) in [6.45, 7) is 0. The van der Waals surface area contributed by atoms with E-state index in [1.807, 2.05) is 0 Å². The summed E-state index contributed by atoms with van der Waals surface area (Å²) < 4.78 is 0. The Morgan fingerprint density at radius 1 is 1.00 bits per heavy atom. The zero-order valence-corrected chi connectivity index (χ0v) is 7.09. The van der Waals surface area contributed by atoms with Crippen LogP contribution in [0.4, 0.5) is 0 Å². The molecular weight excluding hydrogens is 212 g/mol. The molecule has 0 atom stereocenters. The molecular formula is C2H2CuN2S3. The quantitative estimate of drug-likeness (QED) is 0.347. The van der Waals surface area contributed by atoms with Crippen LogP contribution >= 0.6 is 37.9 Å². The number of rotatable bonds is 0. The van der Waals surface area contributed by atoms with Crippen LogP contribution in [0.15, 0.2) is 0 Å². The van der Waals surface area contributed by atoms with Crippen molar-refractivity contribution in [2.24, 2.45) is 0 Å². The SMILES string of the molecule is S.[Cu+2].[N-]=C=S.[N-]=C=S. The second kappa shape index (κ2) is 51.3. The summed E-state index contributed by atoms with van der Waals surface area (Å²) in [5, 5.41) is 16.9. The van der Waals surface area contributed by atoms with E-state index in [2.05, 4.69) is 24.4 Å². The Morgan fingerprint density at radius 2 is 1.00 bits per heavy atom. The van der Waals surface area contributed by atoms with Gasteiger partial charge >= 0.3 is 17.1 Å². The third kappa shape index (κ3) is 878. The standard InChI is InChI=1S/2CNS.Cu.H2S/c2*2-1-3;;/h;;;1H2/q2*-1;+2;. The van der Waals surface area contributed by atoms with Crippen molar-refractivity contribution < 1.29 is 17.1 Å². The van der Waals surface area contributed by atoms with Crippen LogP contribution in [-0.4, -0.2) is 10.3 Å². The van der Waals surface area contributed by atoms with E-state index < -0.39 is 0 Å². The first-order valence-corrected chi connectivity index (χ1v) is 1.67. The maximum absolute atomic E-state index is 7.13. The molecule has 0 aliphatic heterocycles. The molecule has 0 N–H and O–H groups in total. The van der Waals surface area contributed by atoms with E-state index in [-0.39, 0.29) is 30.6 Å². The summed E-state index contributed by atoms with van der Waals surface area (Å²) in [5.74, 6) is 0. The Balaban J connectivity index is -0.0000000160. The average Bonchev–Trinajstić information content (AvgIpc) is 1.39. The number of thiocarbonyl (C=S) groups is 2. The van der Waals surface area contributed by atoms with Crippen molar-refractivity contribution in [3.63, 3.8) is 0 Å². The van der Waals surface area contributed by atoms with Gasteiger partial charge in [-0.2, -0.15) is 23.8 Å². The molecule has 0 fully saturated rings. The number of hydrogen-bond donors (Lipinski definition) is 0. The fourth-order valence-electron chi connectivity index (χ4n) is 0. The fraction of sp³-hybridized carbons (Fsp3) is 0. The van der Waals surface area contributed by atoms with Gasteiger partial charge in [-0.25, -0.2) is 0 Å². The molecule has 0 unspecified atom stereocenters. The van der Waals surface area contributed by atoms with Crippen LogP contribution in [0.1, 0.15) is 0 Å². The number of hydrogen-bond acceptors (Lipinski definition) is 2. The summed E-state index contributed by atoms with van der Waals surface area (Å²) in [7, 11) is 0. The third-order valence-corrected chi connectivity index (χ3v) is 0. The Labute approximate surface area is 76.0 Å². The van der Waals surface area contributed by atoms with E-state index >= 15 is 0 Å². The van der Waals surface area contributed by atoms with E-state index in [4.69, 9.17) is 10.8 Å². The van der Waals surface area contributed by atoms with Gasteiger partial charge in [-0.15, -0.1) is 0 Å². The second-order valence-corrected chi connectivity index (χ2v) is 0.548. The minimum absolute atomic E-state index is 0. The zero-order valence-electron chi connectivity index (χ0n) is 3.51. The van der Waals surface area contributed by atoms with E-state index in [1.54, 1.807) is 0 Å². The van der Waals surface area contributed by atoms with Gasteiger partial charge in [0.05, 0.1) is 0 Å². The number of isothiocyanates is 2. The average molecular weight is 214 g/mol. The molecule has 0 aliphatic rings. The van der Waals surface area contributed by atoms with E-state index in [1.165, 1.54) is 10.3 Å². The summed E-state index contributed by atoms with van der Waals surface area (Å²) in [6, 6.07) is 0. The molecule has 0 spiro atoms. The van der Waals surface area contributed by atoms with Crippen LogP contribution in [0.25, 0.3) is 10.8 Å². The molecule has 1 radical (unpaired) electrons. The normalized spacial score (nSPS) is 2.00. The predicted octanol–water partition coefficient (Wildman–Crippen LogP) is 1.43. The topological polar surface area (TPSA) is 44.6 Å². The Morgan fingerprint density at radius 3 is 1.00 bits per heavy atom. The zero-order chi connectivity index (χ0) is 5.41. The molecule has 0 aromatic rings. The molecule has 0 bridgehead atoms. The summed E-state index contributed by atoms with van der Waals surface area (Å²) >= 11 is 7.40. The summed E-state index contributed by atoms with van der Waals surface area (Å²) in [6.07, 6.45) is 0. The van der Waals surface area contributed by atoms with Crippen LogP contribution in [0, 0.1) is 0 Å². The van der Waals surface area contributed by atoms with Gasteiger partial charge in [0.2, 0.25) is 0 Å². The van der Waals surface area contributed by atoms with Gasteiger partial charge < -0.3 is 10.8 Å². The van der Waals surface area contributed by atoms with E-state index in [9.17, 15) is 0 Å². The largest absolute Gasteiger partial charge is 2.00 e. The molecule has 0 saturated carbocycles. The van der Waals surface area contributed by atoms with Gasteiger partial charge in [-0.3, -0.25) is 0 Å². The first kappa shape index (κ1) is 23.7. The first-order chi connectivity index (χ1) is 2.83. The van der Waals surface area contributed by atoms with Crippen molar-refractivity contribution in [3.05, 3.63) is 10.8 Å². The van der Waals surface area contributed by atoms with Gasteiger partial charge in [0.15, 0.2) is 0 Å². The van der Waals surface area contributed by atoms with Crippen molar-refractivity contribution in [3.8, 4) is 0 Å². The van der Waals surface area contributed by atoms with Crippen LogP contribution in [0.2, 0.25) is 0 Å². The summed E-state index contributed by atoms with van der Waals surface area (Å²) in [5.41, 5.74) is 0. The maximum Gasteiger partial charge on any atom is 2.00 e. The minimum atomic E-state index is 0. The molecule has 8 heavy (non-hydrogen) atoms. The Kier molecular flexibility index (Phi) is 152. The molecule has 0 saturated heterocycles. The van der Waals surface area contributed by atoms with Crippen molar-refractivity contribution in [2.45, 2.75) is 0 Å². The van der Waals surface area contributed by atoms with E-state index in [0.717, 1.165) is 0 Å². The van der Waals surface area contributed by atoms with Crippen LogP contribution in [0.3, 0.4) is 0 Å². The Bertz CT molecular complexity index is 69.3. The molecule has 49 valence electrons. The smallest absolute Gasteiger partial charge is 0.753 e. The van der Waals surface area contributed by atoms with Gasteiger partial charge in [-0.05, 0) is 0 Å². The molecule has 2 nitrogen and oxygen atoms in total. The third-order valence-electron chi connectivity index (χ3n) is 0. The first-order valence-electron chi connectivity index (χ1n) is 0.855. The van der Waals surface area contributed by atoms with Crippen molar-refractivity contribution in [1.82, 2.24) is 0 Å². The molecule has 0 heterocycles. The molecule has 0 rings (SSSR count). The molecule has 0 aromatic carbocycles. The van der Waals surface area contributed by atoms with Gasteiger partial charge in [0.25, 0.3) is 0 Å². The van der Waals surface area contributed by atoms with Crippen molar-refractivity contribution in [1.29, 1.82) is 0 Å². The predicted molar refractivity (Wildman–Crippen MR) is 42.3 cm³/mol. The second-order valence-electron chi connectivity index (χ2n) is 0.183. The molecule has 0 amide bonds. The van der Waals surface area contributed by atoms with Crippen molar-refractivity contribution in [2.75, 3.05) is 0 Å². The van der Waals surface area contributed by atoms with Crippen LogP contribution in [-0.2, 0) is 17.1 Å².